The second-order valence-corrected chi connectivity index (χ2v) is 7.42. The van der Waals surface area contributed by atoms with Crippen LogP contribution in [0.15, 0.2) is 42.5 Å². The number of nitrogens with zero attached hydrogens (tertiary/aromatic N) is 3. The van der Waals surface area contributed by atoms with E-state index in [0.29, 0.717) is 17.9 Å². The molecule has 0 saturated carbocycles. The highest BCUT2D eigenvalue weighted by atomic mass is 16.7. The Bertz CT molecular complexity index is 1120. The van der Waals surface area contributed by atoms with E-state index in [0.717, 1.165) is 34.0 Å². The summed E-state index contributed by atoms with van der Waals surface area (Å²) in [5.74, 6) is 1.44. The van der Waals surface area contributed by atoms with Crippen LogP contribution in [0.2, 0.25) is 0 Å². The Morgan fingerprint density at radius 3 is 2.72 bits per heavy atom. The summed E-state index contributed by atoms with van der Waals surface area (Å²) in [6.45, 7) is 4.68. The molecular weight excluding hydrogens is 368 g/mol. The Kier molecular flexibility index (Phi) is 3.97. The van der Waals surface area contributed by atoms with Crippen molar-refractivity contribution < 1.29 is 14.3 Å². The van der Waals surface area contributed by atoms with Crippen LogP contribution in [0.1, 0.15) is 39.0 Å². The molecule has 29 heavy (non-hydrogen) atoms. The van der Waals surface area contributed by atoms with Gasteiger partial charge in [0.05, 0.1) is 11.3 Å². The highest BCUT2D eigenvalue weighted by Crippen LogP contribution is 2.38. The van der Waals surface area contributed by atoms with Gasteiger partial charge in [0.1, 0.15) is 6.17 Å². The first-order chi connectivity index (χ1) is 14.0. The summed E-state index contributed by atoms with van der Waals surface area (Å²) in [6.07, 6.45) is -0.309. The largest absolute Gasteiger partial charge is 0.454 e. The number of para-hydroxylation sites is 1. The van der Waals surface area contributed by atoms with Gasteiger partial charge in [-0.2, -0.15) is 5.10 Å². The third-order valence-corrected chi connectivity index (χ3v) is 5.65. The molecule has 1 amide bonds. The number of nitrogens with one attached hydrogen (secondary N) is 1. The molecule has 1 N–H and O–H groups in total. The zero-order valence-corrected chi connectivity index (χ0v) is 16.6. The molecule has 0 radical (unpaired) electrons. The quantitative estimate of drug-likeness (QED) is 0.741. The number of fused-ring (bicyclic) bond motifs is 2. The SMILES string of the molecule is Cc1nn(C)c(C)c1[C@@H]1Nc2ccccc2C(=O)N1Cc1ccc2c(c1)OCO2. The summed E-state index contributed by atoms with van der Waals surface area (Å²) in [5, 5.41) is 8.11. The van der Waals surface area contributed by atoms with Crippen LogP contribution in [0.3, 0.4) is 0 Å². The molecule has 7 heteroatoms. The maximum atomic E-state index is 13.5. The summed E-state index contributed by atoms with van der Waals surface area (Å²) in [6, 6.07) is 13.4. The average molecular weight is 390 g/mol. The first kappa shape index (κ1) is 17.6. The summed E-state index contributed by atoms with van der Waals surface area (Å²) >= 11 is 0. The van der Waals surface area contributed by atoms with Crippen LogP contribution >= 0.6 is 0 Å². The van der Waals surface area contributed by atoms with Crippen molar-refractivity contribution in [2.75, 3.05) is 12.1 Å². The van der Waals surface area contributed by atoms with Gasteiger partial charge in [-0.25, -0.2) is 0 Å². The number of hydrogen-bond donors (Lipinski definition) is 1. The fourth-order valence-corrected chi connectivity index (χ4v) is 4.11. The number of rotatable bonds is 3. The lowest BCUT2D eigenvalue weighted by atomic mass is 10.0. The second kappa shape index (κ2) is 6.55. The van der Waals surface area contributed by atoms with E-state index in [1.54, 1.807) is 0 Å². The Labute approximate surface area is 168 Å². The smallest absolute Gasteiger partial charge is 0.258 e. The van der Waals surface area contributed by atoms with Crippen molar-refractivity contribution in [3.8, 4) is 11.5 Å². The zero-order chi connectivity index (χ0) is 20.1. The molecule has 7 nitrogen and oxygen atoms in total. The van der Waals surface area contributed by atoms with Gasteiger partial charge in [0.2, 0.25) is 6.79 Å². The van der Waals surface area contributed by atoms with Gasteiger partial charge in [-0.05, 0) is 43.7 Å². The van der Waals surface area contributed by atoms with Crippen LogP contribution in [0, 0.1) is 13.8 Å². The van der Waals surface area contributed by atoms with Gasteiger partial charge >= 0.3 is 0 Å². The predicted octanol–water partition coefficient (Wildman–Crippen LogP) is 3.53. The molecule has 0 unspecified atom stereocenters. The van der Waals surface area contributed by atoms with E-state index in [4.69, 9.17) is 9.47 Å². The van der Waals surface area contributed by atoms with Crippen molar-refractivity contribution in [2.24, 2.45) is 7.05 Å². The fraction of sp³-hybridized carbons (Fsp3) is 0.273. The van der Waals surface area contributed by atoms with Crippen LogP contribution in [0.5, 0.6) is 11.5 Å². The molecule has 3 aromatic rings. The van der Waals surface area contributed by atoms with Crippen molar-refractivity contribution in [2.45, 2.75) is 26.6 Å². The standard InChI is InChI=1S/C22H22N4O3/c1-13-20(14(2)25(3)24-13)21-23-17-7-5-4-6-16(17)22(27)26(21)11-15-8-9-18-19(10-15)29-12-28-18/h4-10,21,23H,11-12H2,1-3H3/t21-/m1/s1. The topological polar surface area (TPSA) is 68.6 Å². The Balaban J connectivity index is 1.58. The van der Waals surface area contributed by atoms with Crippen LogP contribution in [-0.2, 0) is 13.6 Å². The van der Waals surface area contributed by atoms with Crippen molar-refractivity contribution >= 4 is 11.6 Å². The number of aromatic nitrogens is 2. The van der Waals surface area contributed by atoms with Gasteiger partial charge < -0.3 is 19.7 Å². The molecule has 0 saturated heterocycles. The molecule has 2 aliphatic heterocycles. The van der Waals surface area contributed by atoms with Gasteiger partial charge in [0.15, 0.2) is 11.5 Å². The monoisotopic (exact) mass is 390 g/mol. The molecule has 2 aliphatic rings. The maximum Gasteiger partial charge on any atom is 0.258 e. The van der Waals surface area contributed by atoms with E-state index in [1.165, 1.54) is 0 Å². The normalized spacial score (nSPS) is 17.3. The van der Waals surface area contributed by atoms with E-state index in [9.17, 15) is 4.79 Å². The summed E-state index contributed by atoms with van der Waals surface area (Å²) in [5.41, 5.74) is 5.45. The van der Waals surface area contributed by atoms with E-state index in [-0.39, 0.29) is 18.9 Å². The molecule has 5 rings (SSSR count). The number of amides is 1. The molecule has 148 valence electrons. The van der Waals surface area contributed by atoms with Gasteiger partial charge in [0.25, 0.3) is 5.91 Å². The van der Waals surface area contributed by atoms with Gasteiger partial charge in [-0.3, -0.25) is 9.48 Å². The molecular formula is C22H22N4O3. The lowest BCUT2D eigenvalue weighted by Gasteiger charge is -2.38. The number of carbonyl (C=O) groups excluding carboxylic acids is 1. The molecule has 1 aromatic heterocycles. The highest BCUT2D eigenvalue weighted by molar-refractivity contribution is 6.01. The second-order valence-electron chi connectivity index (χ2n) is 7.42. The minimum absolute atomic E-state index is 0.00956. The third-order valence-electron chi connectivity index (χ3n) is 5.65. The van der Waals surface area contributed by atoms with Gasteiger partial charge in [-0.15, -0.1) is 0 Å². The number of benzene rings is 2. The molecule has 0 aliphatic carbocycles. The maximum absolute atomic E-state index is 13.5. The number of ether oxygens (including phenoxy) is 2. The van der Waals surface area contributed by atoms with Crippen LogP contribution < -0.4 is 14.8 Å². The highest BCUT2D eigenvalue weighted by Gasteiger charge is 2.35. The van der Waals surface area contributed by atoms with Gasteiger partial charge in [0, 0.05) is 30.5 Å². The van der Waals surface area contributed by atoms with E-state index >= 15 is 0 Å². The lowest BCUT2D eigenvalue weighted by Crippen LogP contribution is -2.42. The summed E-state index contributed by atoms with van der Waals surface area (Å²) in [4.78, 5) is 15.3. The Hall–Kier alpha value is -3.48. The first-order valence-corrected chi connectivity index (χ1v) is 9.58. The average Bonchev–Trinajstić information content (AvgIpc) is 3.28. The molecule has 3 heterocycles. The number of anilines is 1. The van der Waals surface area contributed by atoms with Crippen molar-refractivity contribution in [3.63, 3.8) is 0 Å². The van der Waals surface area contributed by atoms with Crippen LogP contribution in [-0.4, -0.2) is 27.4 Å². The van der Waals surface area contributed by atoms with Crippen molar-refractivity contribution in [1.82, 2.24) is 14.7 Å². The molecule has 0 fully saturated rings. The third kappa shape index (κ3) is 2.81. The summed E-state index contributed by atoms with van der Waals surface area (Å²) < 4.78 is 12.8. The first-order valence-electron chi connectivity index (χ1n) is 9.58. The van der Waals surface area contributed by atoms with E-state index in [1.807, 2.05) is 72.9 Å². The lowest BCUT2D eigenvalue weighted by molar-refractivity contribution is 0.0665. The molecule has 2 aromatic carbocycles. The van der Waals surface area contributed by atoms with Gasteiger partial charge in [-0.1, -0.05) is 18.2 Å². The van der Waals surface area contributed by atoms with Crippen LogP contribution in [0.25, 0.3) is 0 Å². The fourth-order valence-electron chi connectivity index (χ4n) is 4.11. The molecule has 0 bridgehead atoms. The minimum atomic E-state index is -0.309. The Morgan fingerprint density at radius 2 is 1.93 bits per heavy atom. The van der Waals surface area contributed by atoms with E-state index in [2.05, 4.69) is 10.4 Å². The number of hydrogen-bond acceptors (Lipinski definition) is 5. The minimum Gasteiger partial charge on any atom is -0.454 e. The molecule has 0 spiro atoms. The van der Waals surface area contributed by atoms with Crippen molar-refractivity contribution in [1.29, 1.82) is 0 Å². The Morgan fingerprint density at radius 1 is 1.14 bits per heavy atom. The van der Waals surface area contributed by atoms with Crippen LogP contribution in [0.4, 0.5) is 5.69 Å². The number of carbonyl (C=O) groups is 1. The van der Waals surface area contributed by atoms with E-state index < -0.39 is 0 Å². The predicted molar refractivity (Wildman–Crippen MR) is 108 cm³/mol. The number of aryl methyl sites for hydroxylation is 2. The zero-order valence-electron chi connectivity index (χ0n) is 16.6. The van der Waals surface area contributed by atoms with Crippen molar-refractivity contribution in [3.05, 3.63) is 70.5 Å². The summed E-state index contributed by atoms with van der Waals surface area (Å²) in [7, 11) is 1.92. The molecule has 1 atom stereocenters.